The summed E-state index contributed by atoms with van der Waals surface area (Å²) < 4.78 is 5.19. The first kappa shape index (κ1) is 12.0. The van der Waals surface area contributed by atoms with Gasteiger partial charge in [-0.25, -0.2) is 0 Å². The van der Waals surface area contributed by atoms with Gasteiger partial charge < -0.3 is 4.74 Å². The number of rotatable bonds is 4. The molecule has 1 nitrogen and oxygen atoms in total. The Kier molecular flexibility index (Phi) is 3.37. The lowest BCUT2D eigenvalue weighted by Gasteiger charge is -2.01. The number of benzene rings is 2. The van der Waals surface area contributed by atoms with Crippen LogP contribution < -0.4 is 4.74 Å². The fourth-order valence-corrected chi connectivity index (χ4v) is 2.46. The molecule has 0 radical (unpaired) electrons. The second kappa shape index (κ2) is 5.31. The Morgan fingerprint density at radius 1 is 1.00 bits per heavy atom. The van der Waals surface area contributed by atoms with Crippen LogP contribution in [0, 0.1) is 5.92 Å². The van der Waals surface area contributed by atoms with E-state index in [1.54, 1.807) is 7.11 Å². The van der Waals surface area contributed by atoms with Crippen LogP contribution in [0.2, 0.25) is 0 Å². The molecule has 1 aliphatic rings. The molecule has 1 aliphatic carbocycles. The summed E-state index contributed by atoms with van der Waals surface area (Å²) in [6.45, 7) is 0. The highest BCUT2D eigenvalue weighted by Gasteiger charge is 2.35. The minimum atomic E-state index is 0.686. The fraction of sp³-hybridized carbons (Fsp3) is 0.222. The van der Waals surface area contributed by atoms with Crippen molar-refractivity contribution in [2.24, 2.45) is 5.92 Å². The van der Waals surface area contributed by atoms with Crippen molar-refractivity contribution in [3.05, 3.63) is 71.8 Å². The molecule has 0 aliphatic heterocycles. The number of allylic oxidation sites excluding steroid dienone is 1. The monoisotopic (exact) mass is 250 g/mol. The summed E-state index contributed by atoms with van der Waals surface area (Å²) in [5, 5.41) is 0. The smallest absolute Gasteiger partial charge is 0.118 e. The molecule has 2 atom stereocenters. The van der Waals surface area contributed by atoms with Crippen LogP contribution in [0.15, 0.2) is 60.7 Å². The Morgan fingerprint density at radius 2 is 1.74 bits per heavy atom. The predicted octanol–water partition coefficient (Wildman–Crippen LogP) is 4.51. The van der Waals surface area contributed by atoms with E-state index in [-0.39, 0.29) is 0 Å². The molecule has 2 aromatic rings. The molecule has 0 spiro atoms. The molecular formula is C18H18O. The largest absolute Gasteiger partial charge is 0.497 e. The van der Waals surface area contributed by atoms with Gasteiger partial charge in [-0.1, -0.05) is 54.6 Å². The van der Waals surface area contributed by atoms with Gasteiger partial charge in [0.05, 0.1) is 7.11 Å². The summed E-state index contributed by atoms with van der Waals surface area (Å²) in [5.41, 5.74) is 2.70. The molecular weight excluding hydrogens is 232 g/mol. The van der Waals surface area contributed by atoms with Crippen molar-refractivity contribution in [2.75, 3.05) is 7.11 Å². The first-order chi connectivity index (χ1) is 9.36. The van der Waals surface area contributed by atoms with Gasteiger partial charge in [0.25, 0.3) is 0 Å². The highest BCUT2D eigenvalue weighted by atomic mass is 16.5. The lowest BCUT2D eigenvalue weighted by molar-refractivity contribution is 0.414. The van der Waals surface area contributed by atoms with E-state index in [0.29, 0.717) is 11.8 Å². The predicted molar refractivity (Wildman–Crippen MR) is 79.3 cm³/mol. The molecule has 0 bridgehead atoms. The lowest BCUT2D eigenvalue weighted by atomic mass is 10.1. The van der Waals surface area contributed by atoms with Crippen LogP contribution in [0.5, 0.6) is 5.75 Å². The van der Waals surface area contributed by atoms with Gasteiger partial charge in [-0.15, -0.1) is 0 Å². The summed E-state index contributed by atoms with van der Waals surface area (Å²) in [6, 6.07) is 18.9. The summed E-state index contributed by atoms with van der Waals surface area (Å²) in [5.74, 6) is 2.31. The Balaban J connectivity index is 1.63. The number of hydrogen-bond acceptors (Lipinski definition) is 1. The van der Waals surface area contributed by atoms with Crippen LogP contribution >= 0.6 is 0 Å². The molecule has 96 valence electrons. The van der Waals surface area contributed by atoms with Crippen molar-refractivity contribution < 1.29 is 4.74 Å². The molecule has 2 unspecified atom stereocenters. The first-order valence-corrected chi connectivity index (χ1v) is 6.74. The normalized spacial score (nSPS) is 21.5. The third kappa shape index (κ3) is 2.87. The van der Waals surface area contributed by atoms with E-state index >= 15 is 0 Å². The molecule has 2 aromatic carbocycles. The maximum Gasteiger partial charge on any atom is 0.118 e. The van der Waals surface area contributed by atoms with Crippen LogP contribution in [0.1, 0.15) is 23.5 Å². The SMILES string of the molecule is COc1ccc(C2CC2/C=C/c2ccccc2)cc1. The molecule has 1 heteroatoms. The van der Waals surface area contributed by atoms with Gasteiger partial charge in [-0.2, -0.15) is 0 Å². The summed E-state index contributed by atoms with van der Waals surface area (Å²) in [7, 11) is 1.71. The maximum atomic E-state index is 5.19. The van der Waals surface area contributed by atoms with Gasteiger partial charge >= 0.3 is 0 Å². The molecule has 0 N–H and O–H groups in total. The van der Waals surface area contributed by atoms with Crippen molar-refractivity contribution in [3.8, 4) is 5.75 Å². The Morgan fingerprint density at radius 3 is 2.42 bits per heavy atom. The van der Waals surface area contributed by atoms with E-state index < -0.39 is 0 Å². The molecule has 1 fully saturated rings. The molecule has 0 aromatic heterocycles. The third-order valence-electron chi connectivity index (χ3n) is 3.72. The van der Waals surface area contributed by atoms with Crippen molar-refractivity contribution in [1.82, 2.24) is 0 Å². The summed E-state index contributed by atoms with van der Waals surface area (Å²) in [4.78, 5) is 0. The van der Waals surface area contributed by atoms with Gasteiger partial charge in [0, 0.05) is 0 Å². The fourth-order valence-electron chi connectivity index (χ4n) is 2.46. The molecule has 0 saturated heterocycles. The van der Waals surface area contributed by atoms with Gasteiger partial charge in [-0.05, 0) is 41.5 Å². The van der Waals surface area contributed by atoms with Crippen LogP contribution in [0.25, 0.3) is 6.08 Å². The second-order valence-electron chi connectivity index (χ2n) is 5.05. The molecule has 0 amide bonds. The van der Waals surface area contributed by atoms with Crippen LogP contribution in [-0.2, 0) is 0 Å². The lowest BCUT2D eigenvalue weighted by Crippen LogP contribution is -1.84. The van der Waals surface area contributed by atoms with Gasteiger partial charge in [0.2, 0.25) is 0 Å². The van der Waals surface area contributed by atoms with Crippen molar-refractivity contribution in [2.45, 2.75) is 12.3 Å². The summed E-state index contributed by atoms with van der Waals surface area (Å²) in [6.07, 6.45) is 5.83. The molecule has 0 heterocycles. The van der Waals surface area contributed by atoms with E-state index in [1.165, 1.54) is 17.5 Å². The van der Waals surface area contributed by atoms with E-state index in [0.717, 1.165) is 5.75 Å². The average molecular weight is 250 g/mol. The van der Waals surface area contributed by atoms with Crippen molar-refractivity contribution in [3.63, 3.8) is 0 Å². The van der Waals surface area contributed by atoms with E-state index in [2.05, 4.69) is 54.6 Å². The molecule has 1 saturated carbocycles. The number of methoxy groups -OCH3 is 1. The van der Waals surface area contributed by atoms with Gasteiger partial charge in [-0.3, -0.25) is 0 Å². The Hall–Kier alpha value is -2.02. The quantitative estimate of drug-likeness (QED) is 0.775. The summed E-state index contributed by atoms with van der Waals surface area (Å²) >= 11 is 0. The Bertz CT molecular complexity index is 554. The van der Waals surface area contributed by atoms with Crippen LogP contribution in [-0.4, -0.2) is 7.11 Å². The van der Waals surface area contributed by atoms with Gasteiger partial charge in [0.15, 0.2) is 0 Å². The molecule has 3 rings (SSSR count). The number of hydrogen-bond donors (Lipinski definition) is 0. The second-order valence-corrected chi connectivity index (χ2v) is 5.05. The van der Waals surface area contributed by atoms with Crippen molar-refractivity contribution in [1.29, 1.82) is 0 Å². The van der Waals surface area contributed by atoms with Crippen LogP contribution in [0.3, 0.4) is 0 Å². The van der Waals surface area contributed by atoms with E-state index in [4.69, 9.17) is 4.74 Å². The number of ether oxygens (including phenoxy) is 1. The maximum absolute atomic E-state index is 5.19. The minimum Gasteiger partial charge on any atom is -0.497 e. The first-order valence-electron chi connectivity index (χ1n) is 6.74. The zero-order chi connectivity index (χ0) is 13.1. The minimum absolute atomic E-state index is 0.686. The topological polar surface area (TPSA) is 9.23 Å². The standard InChI is InChI=1S/C18H18O/c1-19-17-11-9-15(10-12-17)18-13-16(18)8-7-14-5-3-2-4-6-14/h2-12,16,18H,13H2,1H3/b8-7+. The van der Waals surface area contributed by atoms with Crippen LogP contribution in [0.4, 0.5) is 0 Å². The molecule has 19 heavy (non-hydrogen) atoms. The van der Waals surface area contributed by atoms with Gasteiger partial charge in [0.1, 0.15) is 5.75 Å². The third-order valence-corrected chi connectivity index (χ3v) is 3.72. The highest BCUT2D eigenvalue weighted by Crippen LogP contribution is 2.48. The zero-order valence-corrected chi connectivity index (χ0v) is 11.1. The Labute approximate surface area is 114 Å². The van der Waals surface area contributed by atoms with E-state index in [1.807, 2.05) is 12.1 Å². The van der Waals surface area contributed by atoms with E-state index in [9.17, 15) is 0 Å². The van der Waals surface area contributed by atoms with Crippen molar-refractivity contribution >= 4 is 6.08 Å². The zero-order valence-electron chi connectivity index (χ0n) is 11.1. The average Bonchev–Trinajstić information content (AvgIpc) is 3.26. The highest BCUT2D eigenvalue weighted by molar-refractivity contribution is 5.50.